The van der Waals surface area contributed by atoms with Crippen LogP contribution in [0.2, 0.25) is 0 Å². The number of nitro groups is 1. The summed E-state index contributed by atoms with van der Waals surface area (Å²) >= 11 is 5.32. The Kier molecular flexibility index (Phi) is 6.58. The molecule has 1 aromatic rings. The van der Waals surface area contributed by atoms with Gasteiger partial charge >= 0.3 is 5.97 Å². The van der Waals surface area contributed by atoms with Crippen LogP contribution in [0.15, 0.2) is 12.1 Å². The van der Waals surface area contributed by atoms with Gasteiger partial charge in [-0.05, 0) is 18.0 Å². The number of rotatable bonds is 8. The molecule has 0 amide bonds. The number of halogens is 1. The quantitative estimate of drug-likeness (QED) is 0.236. The average molecular weight is 332 g/mol. The third kappa shape index (κ3) is 4.59. The van der Waals surface area contributed by atoms with Crippen LogP contribution in [0.3, 0.4) is 0 Å². The Hall–Kier alpha value is -2.35. The molecule has 0 bridgehead atoms. The average Bonchev–Trinajstić information content (AvgIpc) is 2.50. The molecule has 120 valence electrons. The van der Waals surface area contributed by atoms with Gasteiger partial charge in [0.1, 0.15) is 5.56 Å². The molecule has 1 rings (SSSR count). The van der Waals surface area contributed by atoms with Crippen molar-refractivity contribution >= 4 is 28.5 Å². The molecule has 0 atom stereocenters. The summed E-state index contributed by atoms with van der Waals surface area (Å²) in [4.78, 5) is 32.4. The number of hydrogen-bond acceptors (Lipinski definition) is 7. The summed E-state index contributed by atoms with van der Waals surface area (Å²) < 4.78 is 14.9. The summed E-state index contributed by atoms with van der Waals surface area (Å²) in [5, 5.41) is 10.0. The fraction of sp³-hybridized carbons (Fsp3) is 0.385. The Morgan fingerprint density at radius 2 is 1.95 bits per heavy atom. The number of hydrogen-bond donors (Lipinski definition) is 0. The van der Waals surface area contributed by atoms with Crippen molar-refractivity contribution in [3.05, 3.63) is 27.8 Å². The van der Waals surface area contributed by atoms with Crippen molar-refractivity contribution in [3.8, 4) is 11.5 Å². The molecule has 0 aliphatic rings. The van der Waals surface area contributed by atoms with E-state index in [2.05, 4.69) is 4.74 Å². The SMILES string of the molecule is COC(=O)CCCOc1cc([N+](=O)[O-])c(C(=O)Cl)cc1OC. The highest BCUT2D eigenvalue weighted by Gasteiger charge is 2.23. The van der Waals surface area contributed by atoms with Crippen LogP contribution in [0.25, 0.3) is 0 Å². The van der Waals surface area contributed by atoms with Gasteiger partial charge in [0, 0.05) is 12.5 Å². The largest absolute Gasteiger partial charge is 0.493 e. The van der Waals surface area contributed by atoms with Crippen LogP contribution in [-0.4, -0.2) is 37.0 Å². The first-order valence-corrected chi connectivity index (χ1v) is 6.54. The van der Waals surface area contributed by atoms with E-state index in [1.807, 2.05) is 0 Å². The minimum absolute atomic E-state index is 0.0840. The topological polar surface area (TPSA) is 105 Å². The Labute approximate surface area is 131 Å². The van der Waals surface area contributed by atoms with Crippen molar-refractivity contribution in [3.63, 3.8) is 0 Å². The summed E-state index contributed by atoms with van der Waals surface area (Å²) in [6.07, 6.45) is 0.513. The molecule has 0 spiro atoms. The predicted octanol–water partition coefficient (Wildman–Crippen LogP) is 2.31. The summed E-state index contributed by atoms with van der Waals surface area (Å²) in [6, 6.07) is 2.20. The highest BCUT2D eigenvalue weighted by Crippen LogP contribution is 2.35. The number of carbonyl (C=O) groups excluding carboxylic acids is 2. The monoisotopic (exact) mass is 331 g/mol. The normalized spacial score (nSPS) is 9.95. The summed E-state index contributed by atoms with van der Waals surface area (Å²) in [5.41, 5.74) is -0.769. The van der Waals surface area contributed by atoms with Crippen molar-refractivity contribution in [1.82, 2.24) is 0 Å². The Morgan fingerprint density at radius 3 is 2.45 bits per heavy atom. The van der Waals surface area contributed by atoms with Crippen molar-refractivity contribution in [2.75, 3.05) is 20.8 Å². The summed E-state index contributed by atoms with van der Waals surface area (Å²) in [6.45, 7) is 0.122. The smallest absolute Gasteiger partial charge is 0.305 e. The molecule has 1 aromatic carbocycles. The van der Waals surface area contributed by atoms with Gasteiger partial charge in [0.15, 0.2) is 11.5 Å². The van der Waals surface area contributed by atoms with Gasteiger partial charge in [-0.3, -0.25) is 19.7 Å². The fourth-order valence-electron chi connectivity index (χ4n) is 1.63. The molecule has 9 heteroatoms. The van der Waals surface area contributed by atoms with Crippen molar-refractivity contribution in [1.29, 1.82) is 0 Å². The van der Waals surface area contributed by atoms with Gasteiger partial charge in [-0.2, -0.15) is 0 Å². The molecule has 0 saturated carbocycles. The second-order valence-electron chi connectivity index (χ2n) is 4.08. The zero-order valence-corrected chi connectivity index (χ0v) is 12.7. The zero-order valence-electron chi connectivity index (χ0n) is 12.0. The highest BCUT2D eigenvalue weighted by atomic mass is 35.5. The predicted molar refractivity (Wildman–Crippen MR) is 76.6 cm³/mol. The van der Waals surface area contributed by atoms with E-state index >= 15 is 0 Å². The molecule has 0 fully saturated rings. The molecule has 22 heavy (non-hydrogen) atoms. The minimum Gasteiger partial charge on any atom is -0.493 e. The molecule has 0 heterocycles. The van der Waals surface area contributed by atoms with E-state index in [-0.39, 0.29) is 36.1 Å². The number of benzene rings is 1. The first kappa shape index (κ1) is 17.7. The first-order valence-electron chi connectivity index (χ1n) is 6.16. The number of esters is 1. The van der Waals surface area contributed by atoms with Crippen molar-refractivity contribution < 1.29 is 28.7 Å². The molecule has 0 N–H and O–H groups in total. The van der Waals surface area contributed by atoms with Crippen LogP contribution in [-0.2, 0) is 9.53 Å². The van der Waals surface area contributed by atoms with Crippen LogP contribution in [0.4, 0.5) is 5.69 Å². The lowest BCUT2D eigenvalue weighted by Crippen LogP contribution is -2.06. The second kappa shape index (κ2) is 8.18. The van der Waals surface area contributed by atoms with Crippen LogP contribution >= 0.6 is 11.6 Å². The number of nitrogens with zero attached hydrogens (tertiary/aromatic N) is 1. The molecule has 8 nitrogen and oxygen atoms in total. The van der Waals surface area contributed by atoms with E-state index in [0.717, 1.165) is 12.1 Å². The Bertz CT molecular complexity index is 588. The summed E-state index contributed by atoms with van der Waals surface area (Å²) in [7, 11) is 2.60. The molecule has 0 aliphatic carbocycles. The highest BCUT2D eigenvalue weighted by molar-refractivity contribution is 6.68. The van der Waals surface area contributed by atoms with E-state index in [0.29, 0.717) is 6.42 Å². The molecule has 0 unspecified atom stereocenters. The molecule has 0 aliphatic heterocycles. The van der Waals surface area contributed by atoms with Crippen molar-refractivity contribution in [2.45, 2.75) is 12.8 Å². The van der Waals surface area contributed by atoms with E-state index in [1.165, 1.54) is 14.2 Å². The lowest BCUT2D eigenvalue weighted by molar-refractivity contribution is -0.385. The van der Waals surface area contributed by atoms with E-state index < -0.39 is 15.9 Å². The van der Waals surface area contributed by atoms with Gasteiger partial charge in [0.25, 0.3) is 10.9 Å². The lowest BCUT2D eigenvalue weighted by atomic mass is 10.1. The maximum absolute atomic E-state index is 11.2. The lowest BCUT2D eigenvalue weighted by Gasteiger charge is -2.11. The van der Waals surface area contributed by atoms with Crippen LogP contribution in [0, 0.1) is 10.1 Å². The van der Waals surface area contributed by atoms with Gasteiger partial charge in [-0.25, -0.2) is 0 Å². The maximum Gasteiger partial charge on any atom is 0.305 e. The molecular formula is C13H14ClNO7. The zero-order chi connectivity index (χ0) is 16.7. The molecular weight excluding hydrogens is 318 g/mol. The van der Waals surface area contributed by atoms with Crippen molar-refractivity contribution in [2.24, 2.45) is 0 Å². The Morgan fingerprint density at radius 1 is 1.27 bits per heavy atom. The number of methoxy groups -OCH3 is 2. The van der Waals surface area contributed by atoms with Gasteiger partial charge in [-0.1, -0.05) is 0 Å². The third-order valence-corrected chi connectivity index (χ3v) is 2.90. The minimum atomic E-state index is -0.970. The fourth-order valence-corrected chi connectivity index (χ4v) is 1.78. The van der Waals surface area contributed by atoms with Crippen LogP contribution in [0.5, 0.6) is 11.5 Å². The maximum atomic E-state index is 11.2. The van der Waals surface area contributed by atoms with E-state index in [1.54, 1.807) is 0 Å². The molecule has 0 radical (unpaired) electrons. The molecule has 0 aromatic heterocycles. The van der Waals surface area contributed by atoms with Gasteiger partial charge in [0.2, 0.25) is 0 Å². The molecule has 0 saturated heterocycles. The van der Waals surface area contributed by atoms with E-state index in [9.17, 15) is 19.7 Å². The van der Waals surface area contributed by atoms with Gasteiger partial charge in [0.05, 0.1) is 31.8 Å². The van der Waals surface area contributed by atoms with Crippen LogP contribution in [0.1, 0.15) is 23.2 Å². The number of carbonyl (C=O) groups is 2. The number of nitro benzene ring substituents is 1. The second-order valence-corrected chi connectivity index (χ2v) is 4.42. The third-order valence-electron chi connectivity index (χ3n) is 2.70. The summed E-state index contributed by atoms with van der Waals surface area (Å²) in [5.74, 6) is -0.168. The van der Waals surface area contributed by atoms with E-state index in [4.69, 9.17) is 21.1 Å². The van der Waals surface area contributed by atoms with Gasteiger partial charge < -0.3 is 14.2 Å². The van der Waals surface area contributed by atoms with Crippen LogP contribution < -0.4 is 9.47 Å². The number of ether oxygens (including phenoxy) is 3. The van der Waals surface area contributed by atoms with Gasteiger partial charge in [-0.15, -0.1) is 0 Å². The standard InChI is InChI=1S/C13H14ClNO7/c1-20-10-6-8(13(14)17)9(15(18)19)7-11(10)22-5-3-4-12(16)21-2/h6-7H,3-5H2,1-2H3. The first-order chi connectivity index (χ1) is 10.4. The Balaban J connectivity index is 2.94.